The first-order valence-electron chi connectivity index (χ1n) is 7.61. The lowest BCUT2D eigenvalue weighted by Crippen LogP contribution is -2.31. The van der Waals surface area contributed by atoms with Gasteiger partial charge in [0.2, 0.25) is 0 Å². The molecule has 0 saturated heterocycles. The van der Waals surface area contributed by atoms with Crippen molar-refractivity contribution in [3.8, 4) is 0 Å². The Labute approximate surface area is 111 Å². The largest absolute Gasteiger partial charge is 0.468 e. The summed E-state index contributed by atoms with van der Waals surface area (Å²) in [6.45, 7) is 5.63. The Morgan fingerprint density at radius 3 is 2.94 bits per heavy atom. The molecule has 3 unspecified atom stereocenters. The molecule has 1 N–H and O–H groups in total. The SMILES string of the molecule is CCCNC(c1ccco1)C1CCCC(CC)C1. The summed E-state index contributed by atoms with van der Waals surface area (Å²) < 4.78 is 5.65. The topological polar surface area (TPSA) is 25.2 Å². The molecule has 0 amide bonds. The third-order valence-corrected chi connectivity index (χ3v) is 4.34. The number of nitrogens with one attached hydrogen (secondary N) is 1. The van der Waals surface area contributed by atoms with Crippen LogP contribution < -0.4 is 5.32 Å². The van der Waals surface area contributed by atoms with Gasteiger partial charge in [-0.05, 0) is 49.8 Å². The molecule has 1 aromatic heterocycles. The van der Waals surface area contributed by atoms with Crippen LogP contribution in [0, 0.1) is 11.8 Å². The highest BCUT2D eigenvalue weighted by molar-refractivity contribution is 5.06. The first-order chi connectivity index (χ1) is 8.85. The van der Waals surface area contributed by atoms with Gasteiger partial charge < -0.3 is 9.73 Å². The maximum absolute atomic E-state index is 5.65. The van der Waals surface area contributed by atoms with Gasteiger partial charge in [-0.2, -0.15) is 0 Å². The van der Waals surface area contributed by atoms with Crippen LogP contribution in [-0.2, 0) is 0 Å². The lowest BCUT2D eigenvalue weighted by atomic mass is 9.76. The van der Waals surface area contributed by atoms with Crippen molar-refractivity contribution >= 4 is 0 Å². The normalized spacial score (nSPS) is 26.1. The third kappa shape index (κ3) is 3.38. The Kier molecular flexibility index (Phi) is 5.30. The Morgan fingerprint density at radius 2 is 2.28 bits per heavy atom. The van der Waals surface area contributed by atoms with Crippen molar-refractivity contribution in [1.29, 1.82) is 0 Å². The predicted octanol–water partition coefficient (Wildman–Crippen LogP) is 4.54. The molecule has 1 aliphatic carbocycles. The highest BCUT2D eigenvalue weighted by atomic mass is 16.3. The average Bonchev–Trinajstić information content (AvgIpc) is 2.93. The lowest BCUT2D eigenvalue weighted by Gasteiger charge is -2.34. The van der Waals surface area contributed by atoms with E-state index < -0.39 is 0 Å². The molecule has 102 valence electrons. The Bertz CT molecular complexity index is 320. The van der Waals surface area contributed by atoms with Crippen molar-refractivity contribution < 1.29 is 4.42 Å². The van der Waals surface area contributed by atoms with Gasteiger partial charge in [0.15, 0.2) is 0 Å². The van der Waals surface area contributed by atoms with E-state index in [4.69, 9.17) is 4.42 Å². The summed E-state index contributed by atoms with van der Waals surface area (Å²) in [5.41, 5.74) is 0. The molecular weight excluding hydrogens is 222 g/mol. The van der Waals surface area contributed by atoms with Gasteiger partial charge in [-0.3, -0.25) is 0 Å². The minimum absolute atomic E-state index is 0.425. The van der Waals surface area contributed by atoms with Crippen molar-refractivity contribution in [1.82, 2.24) is 5.32 Å². The lowest BCUT2D eigenvalue weighted by molar-refractivity contribution is 0.193. The standard InChI is InChI=1S/C16H27NO/c1-3-10-17-16(15-9-6-11-18-15)14-8-5-7-13(4-2)12-14/h6,9,11,13-14,16-17H,3-5,7-8,10,12H2,1-2H3. The molecule has 1 aliphatic rings. The van der Waals surface area contributed by atoms with Gasteiger partial charge in [0.05, 0.1) is 12.3 Å². The molecule has 18 heavy (non-hydrogen) atoms. The average molecular weight is 249 g/mol. The van der Waals surface area contributed by atoms with E-state index in [1.54, 1.807) is 6.26 Å². The fraction of sp³-hybridized carbons (Fsp3) is 0.750. The second-order valence-corrected chi connectivity index (χ2v) is 5.65. The Hall–Kier alpha value is -0.760. The molecular formula is C16H27NO. The van der Waals surface area contributed by atoms with Crippen LogP contribution in [0.3, 0.4) is 0 Å². The molecule has 0 bridgehead atoms. The minimum Gasteiger partial charge on any atom is -0.468 e. The van der Waals surface area contributed by atoms with E-state index in [1.807, 2.05) is 6.07 Å². The number of rotatable bonds is 6. The maximum Gasteiger partial charge on any atom is 0.120 e. The summed E-state index contributed by atoms with van der Waals surface area (Å²) in [6, 6.07) is 4.56. The second-order valence-electron chi connectivity index (χ2n) is 5.65. The van der Waals surface area contributed by atoms with Crippen molar-refractivity contribution in [2.45, 2.75) is 58.4 Å². The summed E-state index contributed by atoms with van der Waals surface area (Å²) in [5.74, 6) is 2.80. The molecule has 3 atom stereocenters. The van der Waals surface area contributed by atoms with Crippen molar-refractivity contribution in [2.24, 2.45) is 11.8 Å². The van der Waals surface area contributed by atoms with Crippen LogP contribution in [0.1, 0.15) is 64.2 Å². The van der Waals surface area contributed by atoms with E-state index >= 15 is 0 Å². The smallest absolute Gasteiger partial charge is 0.120 e. The molecule has 1 saturated carbocycles. The van der Waals surface area contributed by atoms with Crippen molar-refractivity contribution in [3.63, 3.8) is 0 Å². The summed E-state index contributed by atoms with van der Waals surface area (Å²) in [4.78, 5) is 0. The van der Waals surface area contributed by atoms with Crippen LogP contribution in [0.5, 0.6) is 0 Å². The zero-order valence-corrected chi connectivity index (χ0v) is 11.8. The Balaban J connectivity index is 2.03. The maximum atomic E-state index is 5.65. The van der Waals surface area contributed by atoms with Gasteiger partial charge in [0, 0.05) is 0 Å². The molecule has 0 aromatic carbocycles. The van der Waals surface area contributed by atoms with Gasteiger partial charge in [-0.25, -0.2) is 0 Å². The first-order valence-corrected chi connectivity index (χ1v) is 7.61. The minimum atomic E-state index is 0.425. The van der Waals surface area contributed by atoms with E-state index in [-0.39, 0.29) is 0 Å². The highest BCUT2D eigenvalue weighted by Crippen LogP contribution is 2.38. The van der Waals surface area contributed by atoms with Crippen molar-refractivity contribution in [2.75, 3.05) is 6.54 Å². The molecule has 0 aliphatic heterocycles. The molecule has 1 heterocycles. The van der Waals surface area contributed by atoms with E-state index in [0.29, 0.717) is 6.04 Å². The van der Waals surface area contributed by atoms with Gasteiger partial charge in [0.1, 0.15) is 5.76 Å². The molecule has 2 heteroatoms. The summed E-state index contributed by atoms with van der Waals surface area (Å²) >= 11 is 0. The molecule has 1 fully saturated rings. The monoisotopic (exact) mass is 249 g/mol. The second kappa shape index (κ2) is 6.98. The van der Waals surface area contributed by atoms with Gasteiger partial charge in [-0.15, -0.1) is 0 Å². The molecule has 0 radical (unpaired) electrons. The first kappa shape index (κ1) is 13.7. The van der Waals surface area contributed by atoms with Crippen LogP contribution in [0.15, 0.2) is 22.8 Å². The number of hydrogen-bond donors (Lipinski definition) is 1. The van der Waals surface area contributed by atoms with Crippen LogP contribution in [0.4, 0.5) is 0 Å². The number of hydrogen-bond acceptors (Lipinski definition) is 2. The van der Waals surface area contributed by atoms with Crippen LogP contribution in [0.2, 0.25) is 0 Å². The molecule has 1 aromatic rings. The zero-order valence-electron chi connectivity index (χ0n) is 11.8. The zero-order chi connectivity index (χ0) is 12.8. The van der Waals surface area contributed by atoms with E-state index in [0.717, 1.165) is 24.1 Å². The van der Waals surface area contributed by atoms with E-state index in [9.17, 15) is 0 Å². The summed E-state index contributed by atoms with van der Waals surface area (Å²) in [7, 11) is 0. The fourth-order valence-electron chi connectivity index (χ4n) is 3.27. The quantitative estimate of drug-likeness (QED) is 0.801. The van der Waals surface area contributed by atoms with E-state index in [1.165, 1.54) is 38.5 Å². The molecule has 2 rings (SSSR count). The van der Waals surface area contributed by atoms with Crippen molar-refractivity contribution in [3.05, 3.63) is 24.2 Å². The van der Waals surface area contributed by atoms with E-state index in [2.05, 4.69) is 25.2 Å². The fourth-order valence-corrected chi connectivity index (χ4v) is 3.27. The molecule has 0 spiro atoms. The van der Waals surface area contributed by atoms with Gasteiger partial charge in [-0.1, -0.05) is 33.1 Å². The third-order valence-electron chi connectivity index (χ3n) is 4.34. The van der Waals surface area contributed by atoms with Gasteiger partial charge >= 0.3 is 0 Å². The van der Waals surface area contributed by atoms with Crippen LogP contribution >= 0.6 is 0 Å². The van der Waals surface area contributed by atoms with Crippen LogP contribution in [0.25, 0.3) is 0 Å². The van der Waals surface area contributed by atoms with Gasteiger partial charge in [0.25, 0.3) is 0 Å². The molecule has 2 nitrogen and oxygen atoms in total. The van der Waals surface area contributed by atoms with Crippen LogP contribution in [-0.4, -0.2) is 6.54 Å². The summed E-state index contributed by atoms with van der Waals surface area (Å²) in [5, 5.41) is 3.69. The Morgan fingerprint density at radius 1 is 1.39 bits per heavy atom. The number of furan rings is 1. The highest BCUT2D eigenvalue weighted by Gasteiger charge is 2.29. The predicted molar refractivity (Wildman–Crippen MR) is 75.5 cm³/mol. The summed E-state index contributed by atoms with van der Waals surface area (Å²) in [6.07, 6.45) is 9.82.